The highest BCUT2D eigenvalue weighted by atomic mass is 16.5. The largest absolute Gasteiger partial charge is 0.468 e. The molecule has 3 amide bonds. The molecule has 1 aromatic heterocycles. The number of hydrogen-bond donors (Lipinski definition) is 1. The van der Waals surface area contributed by atoms with E-state index in [1.165, 1.54) is 12.0 Å². The molecule has 2 saturated heterocycles. The van der Waals surface area contributed by atoms with Gasteiger partial charge in [0.2, 0.25) is 0 Å². The van der Waals surface area contributed by atoms with Crippen LogP contribution in [0.1, 0.15) is 19.4 Å². The number of methoxy groups -OCH3 is 1. The van der Waals surface area contributed by atoms with Gasteiger partial charge in [0.05, 0.1) is 25.1 Å². The van der Waals surface area contributed by atoms with Crippen molar-refractivity contribution in [1.29, 1.82) is 0 Å². The van der Waals surface area contributed by atoms with Gasteiger partial charge >= 0.3 is 18.1 Å². The van der Waals surface area contributed by atoms with Crippen molar-refractivity contribution in [2.75, 3.05) is 38.2 Å². The summed E-state index contributed by atoms with van der Waals surface area (Å²) in [4.78, 5) is 45.2. The first kappa shape index (κ1) is 21.6. The van der Waals surface area contributed by atoms with E-state index >= 15 is 0 Å². The number of esters is 1. The molecule has 0 radical (unpaired) electrons. The van der Waals surface area contributed by atoms with Crippen LogP contribution in [0.15, 0.2) is 42.6 Å². The van der Waals surface area contributed by atoms with E-state index in [0.29, 0.717) is 32.0 Å². The third-order valence-corrected chi connectivity index (χ3v) is 6.28. The Morgan fingerprint density at radius 3 is 2.34 bits per heavy atom. The number of nitrogens with zero attached hydrogens (tertiary/aromatic N) is 4. The number of benzene rings is 1. The highest BCUT2D eigenvalue weighted by molar-refractivity contribution is 5.94. The van der Waals surface area contributed by atoms with Crippen LogP contribution < -0.4 is 4.90 Å². The Morgan fingerprint density at radius 2 is 1.75 bits per heavy atom. The molecular formula is C23H26N4O5. The molecule has 1 N–H and O–H groups in total. The maximum Gasteiger partial charge on any atom is 0.407 e. The number of pyridine rings is 1. The van der Waals surface area contributed by atoms with Crippen LogP contribution in [0.4, 0.5) is 15.4 Å². The molecule has 9 heteroatoms. The van der Waals surface area contributed by atoms with E-state index in [1.807, 2.05) is 44.2 Å². The Balaban J connectivity index is 1.49. The molecule has 0 bridgehead atoms. The number of piperazine rings is 1. The summed E-state index contributed by atoms with van der Waals surface area (Å²) in [6.45, 7) is 5.07. The molecule has 0 saturated carbocycles. The molecule has 3 heterocycles. The van der Waals surface area contributed by atoms with Crippen LogP contribution in [0.5, 0.6) is 0 Å². The maximum atomic E-state index is 12.8. The fraction of sp³-hybridized carbons (Fsp3) is 0.391. The van der Waals surface area contributed by atoms with Gasteiger partial charge in [0, 0.05) is 31.4 Å². The molecule has 2 aromatic rings. The first-order chi connectivity index (χ1) is 15.2. The van der Waals surface area contributed by atoms with Crippen LogP contribution in [-0.2, 0) is 14.9 Å². The number of fused-ring (bicyclic) bond motifs is 1. The Morgan fingerprint density at radius 1 is 1.06 bits per heavy atom. The van der Waals surface area contributed by atoms with Crippen molar-refractivity contribution in [2.24, 2.45) is 0 Å². The van der Waals surface area contributed by atoms with Crippen molar-refractivity contribution in [3.05, 3.63) is 48.2 Å². The molecule has 9 nitrogen and oxygen atoms in total. The summed E-state index contributed by atoms with van der Waals surface area (Å²) < 4.78 is 4.89. The molecule has 2 aliphatic rings. The molecule has 1 atom stereocenters. The van der Waals surface area contributed by atoms with E-state index in [1.54, 1.807) is 22.1 Å². The van der Waals surface area contributed by atoms with Crippen LogP contribution in [0.3, 0.4) is 0 Å². The monoisotopic (exact) mass is 438 g/mol. The lowest BCUT2D eigenvalue weighted by Gasteiger charge is -2.34. The molecule has 1 aromatic carbocycles. The Labute approximate surface area is 186 Å². The minimum atomic E-state index is -0.959. The second-order valence-electron chi connectivity index (χ2n) is 8.57. The van der Waals surface area contributed by atoms with Gasteiger partial charge in [0.1, 0.15) is 5.82 Å². The molecule has 0 spiro atoms. The molecule has 4 rings (SSSR count). The van der Waals surface area contributed by atoms with E-state index in [-0.39, 0.29) is 18.0 Å². The SMILES string of the molecule is COC(=O)C(C)(C)c1ccc(-c2ccc(N3CC4CN(C(=O)O)CCN4C3=O)nc2)cc1. The maximum absolute atomic E-state index is 12.8. The zero-order valence-corrected chi connectivity index (χ0v) is 18.3. The molecule has 32 heavy (non-hydrogen) atoms. The summed E-state index contributed by atoms with van der Waals surface area (Å²) in [7, 11) is 1.38. The van der Waals surface area contributed by atoms with Crippen molar-refractivity contribution in [2.45, 2.75) is 25.3 Å². The number of urea groups is 1. The number of ether oxygens (including phenoxy) is 1. The number of anilines is 1. The van der Waals surface area contributed by atoms with Crippen molar-refractivity contribution in [3.63, 3.8) is 0 Å². The lowest BCUT2D eigenvalue weighted by molar-refractivity contribution is -0.146. The van der Waals surface area contributed by atoms with E-state index < -0.39 is 11.5 Å². The number of amides is 3. The third-order valence-electron chi connectivity index (χ3n) is 6.28. The van der Waals surface area contributed by atoms with Gasteiger partial charge in [-0.25, -0.2) is 14.6 Å². The molecule has 1 unspecified atom stereocenters. The van der Waals surface area contributed by atoms with E-state index in [0.717, 1.165) is 16.7 Å². The number of carbonyl (C=O) groups is 3. The number of carboxylic acid groups (broad SMARTS) is 1. The number of carbonyl (C=O) groups excluding carboxylic acids is 2. The van der Waals surface area contributed by atoms with E-state index in [9.17, 15) is 19.5 Å². The number of hydrogen-bond acceptors (Lipinski definition) is 5. The van der Waals surface area contributed by atoms with Gasteiger partial charge in [-0.05, 0) is 37.1 Å². The summed E-state index contributed by atoms with van der Waals surface area (Å²) in [6.07, 6.45) is 0.753. The van der Waals surface area contributed by atoms with E-state index in [4.69, 9.17) is 4.74 Å². The zero-order valence-electron chi connectivity index (χ0n) is 18.3. The first-order valence-electron chi connectivity index (χ1n) is 10.4. The van der Waals surface area contributed by atoms with Crippen LogP contribution in [-0.4, -0.2) is 77.3 Å². The van der Waals surface area contributed by atoms with Gasteiger partial charge in [0.25, 0.3) is 0 Å². The first-order valence-corrected chi connectivity index (χ1v) is 10.4. The van der Waals surface area contributed by atoms with Gasteiger partial charge in [-0.15, -0.1) is 0 Å². The van der Waals surface area contributed by atoms with Gasteiger partial charge in [-0.2, -0.15) is 0 Å². The average Bonchev–Trinajstić information content (AvgIpc) is 3.14. The fourth-order valence-corrected chi connectivity index (χ4v) is 4.24. The van der Waals surface area contributed by atoms with Crippen LogP contribution in [0, 0.1) is 0 Å². The van der Waals surface area contributed by atoms with Crippen molar-refractivity contribution in [1.82, 2.24) is 14.8 Å². The fourth-order valence-electron chi connectivity index (χ4n) is 4.24. The lowest BCUT2D eigenvalue weighted by Crippen LogP contribution is -2.53. The number of aromatic nitrogens is 1. The predicted molar refractivity (Wildman–Crippen MR) is 118 cm³/mol. The van der Waals surface area contributed by atoms with Crippen molar-refractivity contribution >= 4 is 23.9 Å². The molecular weight excluding hydrogens is 412 g/mol. The normalized spacial score (nSPS) is 18.5. The molecule has 168 valence electrons. The second-order valence-corrected chi connectivity index (χ2v) is 8.57. The summed E-state index contributed by atoms with van der Waals surface area (Å²) in [5.74, 6) is 0.243. The highest BCUT2D eigenvalue weighted by Crippen LogP contribution is 2.29. The van der Waals surface area contributed by atoms with Crippen molar-refractivity contribution < 1.29 is 24.2 Å². The average molecular weight is 438 g/mol. The zero-order chi connectivity index (χ0) is 23.0. The molecule has 2 fully saturated rings. The summed E-state index contributed by atoms with van der Waals surface area (Å²) in [6, 6.07) is 11.0. The summed E-state index contributed by atoms with van der Waals surface area (Å²) >= 11 is 0. The highest BCUT2D eigenvalue weighted by Gasteiger charge is 2.42. The minimum Gasteiger partial charge on any atom is -0.468 e. The standard InChI is InChI=1S/C23H26N4O5/c1-23(2,20(28)32-3)17-7-4-15(5-8-17)16-6-9-19(24-12-16)27-14-18-13-25(22(30)31)10-11-26(18)21(27)29/h4-9,12,18H,10-11,13-14H2,1-3H3,(H,30,31). The van der Waals surface area contributed by atoms with Crippen LogP contribution >= 0.6 is 0 Å². The third kappa shape index (κ3) is 3.74. The Hall–Kier alpha value is -3.62. The number of rotatable bonds is 4. The van der Waals surface area contributed by atoms with Gasteiger partial charge in [-0.1, -0.05) is 24.3 Å². The topological polar surface area (TPSA) is 103 Å². The van der Waals surface area contributed by atoms with Crippen molar-refractivity contribution in [3.8, 4) is 11.1 Å². The van der Waals surface area contributed by atoms with Crippen LogP contribution in [0.2, 0.25) is 0 Å². The predicted octanol–water partition coefficient (Wildman–Crippen LogP) is 2.80. The van der Waals surface area contributed by atoms with E-state index in [2.05, 4.69) is 4.98 Å². The smallest absolute Gasteiger partial charge is 0.407 e. The summed E-state index contributed by atoms with van der Waals surface area (Å²) in [5, 5.41) is 9.22. The second kappa shape index (κ2) is 8.14. The Bertz CT molecular complexity index is 1040. The summed E-state index contributed by atoms with van der Waals surface area (Å²) in [5.41, 5.74) is 1.94. The molecule has 2 aliphatic heterocycles. The Kier molecular flexibility index (Phi) is 5.50. The van der Waals surface area contributed by atoms with Gasteiger partial charge in [0.15, 0.2) is 0 Å². The lowest BCUT2D eigenvalue weighted by atomic mass is 9.84. The van der Waals surface area contributed by atoms with Gasteiger partial charge in [-0.3, -0.25) is 9.69 Å². The quantitative estimate of drug-likeness (QED) is 0.737. The van der Waals surface area contributed by atoms with Gasteiger partial charge < -0.3 is 19.6 Å². The minimum absolute atomic E-state index is 0.144. The van der Waals surface area contributed by atoms with Crippen LogP contribution in [0.25, 0.3) is 11.1 Å². The molecule has 0 aliphatic carbocycles.